The Hall–Kier alpha value is -0.0800. The van der Waals surface area contributed by atoms with Crippen molar-refractivity contribution >= 4 is 0 Å². The molecule has 2 nitrogen and oxygen atoms in total. The molecule has 0 saturated carbocycles. The minimum Gasteiger partial charge on any atom is -0.665 e. The minimum atomic E-state index is 0.469. The lowest BCUT2D eigenvalue weighted by molar-refractivity contribution is 0.121. The molecule has 2 atom stereocenters. The van der Waals surface area contributed by atoms with Gasteiger partial charge in [-0.15, -0.1) is 6.54 Å². The first-order valence-electron chi connectivity index (χ1n) is 3.50. The number of rotatable bonds is 2. The molecule has 9 heavy (non-hydrogen) atoms. The molecular weight excluding hydrogens is 114 g/mol. The number of hydrogen-bond donors (Lipinski definition) is 0. The lowest BCUT2D eigenvalue weighted by atomic mass is 10.1. The summed E-state index contributed by atoms with van der Waals surface area (Å²) in [6.45, 7) is 4.01. The highest BCUT2D eigenvalue weighted by molar-refractivity contribution is 4.81. The third kappa shape index (κ3) is 1.95. The van der Waals surface area contributed by atoms with E-state index >= 15 is 0 Å². The Balaban J connectivity index is 2.14. The topological polar surface area (TPSA) is 23.3 Å². The lowest BCUT2D eigenvalue weighted by Crippen LogP contribution is -2.03. The molecule has 0 bridgehead atoms. The summed E-state index contributed by atoms with van der Waals surface area (Å²) in [6, 6.07) is 0. The Morgan fingerprint density at radius 3 is 2.89 bits per heavy atom. The summed E-state index contributed by atoms with van der Waals surface area (Å²) in [4.78, 5) is 0. The standard InChI is InChI=1S/C7H14NO/c1-6-3-7(4-8-2)5-9-6/h6-7H,3-5H2,1-2H3/q-1. The normalized spacial score (nSPS) is 35.3. The Kier molecular flexibility index (Phi) is 2.49. The maximum atomic E-state index is 5.36. The molecule has 0 aromatic carbocycles. The SMILES string of the molecule is C[N-]CC1COC(C)C1. The van der Waals surface area contributed by atoms with Crippen LogP contribution in [0.5, 0.6) is 0 Å². The van der Waals surface area contributed by atoms with Gasteiger partial charge in [0.25, 0.3) is 0 Å². The molecular formula is C7H14NO-. The molecule has 1 saturated heterocycles. The van der Waals surface area contributed by atoms with Crippen LogP contribution in [0.15, 0.2) is 0 Å². The van der Waals surface area contributed by atoms with E-state index in [4.69, 9.17) is 4.74 Å². The molecule has 54 valence electrons. The highest BCUT2D eigenvalue weighted by Crippen LogP contribution is 2.19. The van der Waals surface area contributed by atoms with Crippen LogP contribution in [0.3, 0.4) is 0 Å². The molecule has 2 heteroatoms. The van der Waals surface area contributed by atoms with Gasteiger partial charge in [-0.25, -0.2) is 0 Å². The fourth-order valence-electron chi connectivity index (χ4n) is 1.29. The zero-order valence-electron chi connectivity index (χ0n) is 6.13. The van der Waals surface area contributed by atoms with Crippen LogP contribution in [0.25, 0.3) is 5.32 Å². The third-order valence-electron chi connectivity index (χ3n) is 1.72. The molecule has 0 spiro atoms. The van der Waals surface area contributed by atoms with Crippen molar-refractivity contribution < 1.29 is 4.74 Å². The smallest absolute Gasteiger partial charge is 0.0550 e. The van der Waals surface area contributed by atoms with Gasteiger partial charge in [-0.3, -0.25) is 0 Å². The summed E-state index contributed by atoms with van der Waals surface area (Å²) in [5, 5.41) is 4.07. The predicted molar refractivity (Wildman–Crippen MR) is 37.7 cm³/mol. The summed E-state index contributed by atoms with van der Waals surface area (Å²) in [7, 11) is 1.86. The van der Waals surface area contributed by atoms with Gasteiger partial charge in [-0.2, -0.15) is 7.05 Å². The zero-order chi connectivity index (χ0) is 6.69. The van der Waals surface area contributed by atoms with Crippen LogP contribution in [0.2, 0.25) is 0 Å². The van der Waals surface area contributed by atoms with Crippen molar-refractivity contribution in [1.82, 2.24) is 0 Å². The number of nitrogens with zero attached hydrogens (tertiary/aromatic N) is 1. The van der Waals surface area contributed by atoms with Crippen LogP contribution in [-0.4, -0.2) is 26.3 Å². The molecule has 1 aliphatic heterocycles. The van der Waals surface area contributed by atoms with E-state index in [1.165, 1.54) is 6.42 Å². The van der Waals surface area contributed by atoms with E-state index in [1.807, 2.05) is 7.05 Å². The summed E-state index contributed by atoms with van der Waals surface area (Å²) >= 11 is 0. The van der Waals surface area contributed by atoms with E-state index < -0.39 is 0 Å². The van der Waals surface area contributed by atoms with Crippen molar-refractivity contribution in [2.45, 2.75) is 19.4 Å². The van der Waals surface area contributed by atoms with Crippen molar-refractivity contribution in [2.75, 3.05) is 20.2 Å². The highest BCUT2D eigenvalue weighted by Gasteiger charge is 2.17. The quantitative estimate of drug-likeness (QED) is 0.551. The Bertz CT molecular complexity index is 83.0. The van der Waals surface area contributed by atoms with Gasteiger partial charge in [0.05, 0.1) is 6.10 Å². The largest absolute Gasteiger partial charge is 0.665 e. The second-order valence-corrected chi connectivity index (χ2v) is 2.74. The van der Waals surface area contributed by atoms with Gasteiger partial charge in [0.15, 0.2) is 0 Å². The van der Waals surface area contributed by atoms with Crippen LogP contribution in [0.4, 0.5) is 0 Å². The molecule has 0 N–H and O–H groups in total. The number of hydrogen-bond acceptors (Lipinski definition) is 1. The molecule has 0 amide bonds. The van der Waals surface area contributed by atoms with E-state index in [-0.39, 0.29) is 0 Å². The average molecular weight is 128 g/mol. The van der Waals surface area contributed by atoms with E-state index in [0.717, 1.165) is 13.2 Å². The number of ether oxygens (including phenoxy) is 1. The molecule has 0 aromatic heterocycles. The van der Waals surface area contributed by atoms with Crippen LogP contribution in [0, 0.1) is 5.92 Å². The zero-order valence-corrected chi connectivity index (χ0v) is 6.13. The van der Waals surface area contributed by atoms with Crippen molar-refractivity contribution in [3.63, 3.8) is 0 Å². The molecule has 0 aromatic rings. The van der Waals surface area contributed by atoms with Gasteiger partial charge >= 0.3 is 0 Å². The molecule has 1 rings (SSSR count). The van der Waals surface area contributed by atoms with Crippen molar-refractivity contribution in [3.05, 3.63) is 5.32 Å². The monoisotopic (exact) mass is 128 g/mol. The van der Waals surface area contributed by atoms with Crippen LogP contribution >= 0.6 is 0 Å². The van der Waals surface area contributed by atoms with Crippen LogP contribution in [-0.2, 0) is 4.74 Å². The Morgan fingerprint density at radius 1 is 1.67 bits per heavy atom. The molecule has 0 radical (unpaired) electrons. The van der Waals surface area contributed by atoms with Crippen molar-refractivity contribution in [2.24, 2.45) is 5.92 Å². The fraction of sp³-hybridized carbons (Fsp3) is 1.00. The van der Waals surface area contributed by atoms with Crippen molar-refractivity contribution in [3.8, 4) is 0 Å². The molecule has 2 unspecified atom stereocenters. The Labute approximate surface area is 56.6 Å². The first-order valence-corrected chi connectivity index (χ1v) is 3.50. The van der Waals surface area contributed by atoms with Gasteiger partial charge in [0.1, 0.15) is 0 Å². The highest BCUT2D eigenvalue weighted by atomic mass is 16.5. The second kappa shape index (κ2) is 3.18. The van der Waals surface area contributed by atoms with Crippen molar-refractivity contribution in [1.29, 1.82) is 0 Å². The second-order valence-electron chi connectivity index (χ2n) is 2.74. The summed E-state index contributed by atoms with van der Waals surface area (Å²) in [5.41, 5.74) is 0. The van der Waals surface area contributed by atoms with Gasteiger partial charge in [-0.1, -0.05) is 0 Å². The minimum absolute atomic E-state index is 0.469. The van der Waals surface area contributed by atoms with E-state index in [9.17, 15) is 0 Å². The van der Waals surface area contributed by atoms with Crippen LogP contribution in [0.1, 0.15) is 13.3 Å². The summed E-state index contributed by atoms with van der Waals surface area (Å²) in [5.74, 6) is 0.699. The summed E-state index contributed by atoms with van der Waals surface area (Å²) < 4.78 is 5.36. The van der Waals surface area contributed by atoms with E-state index in [1.54, 1.807) is 0 Å². The van der Waals surface area contributed by atoms with Crippen LogP contribution < -0.4 is 0 Å². The van der Waals surface area contributed by atoms with E-state index in [0.29, 0.717) is 12.0 Å². The molecule has 1 fully saturated rings. The van der Waals surface area contributed by atoms with Gasteiger partial charge in [0, 0.05) is 6.61 Å². The average Bonchev–Trinajstić information content (AvgIpc) is 2.17. The maximum Gasteiger partial charge on any atom is 0.0550 e. The van der Waals surface area contributed by atoms with Gasteiger partial charge in [0.2, 0.25) is 0 Å². The Morgan fingerprint density at radius 2 is 2.44 bits per heavy atom. The fourth-order valence-corrected chi connectivity index (χ4v) is 1.29. The molecule has 0 aliphatic carbocycles. The van der Waals surface area contributed by atoms with E-state index in [2.05, 4.69) is 12.2 Å². The third-order valence-corrected chi connectivity index (χ3v) is 1.72. The first-order chi connectivity index (χ1) is 4.33. The predicted octanol–water partition coefficient (Wildman–Crippen LogP) is 1.41. The maximum absolute atomic E-state index is 5.36. The molecule has 1 aliphatic rings. The molecule has 1 heterocycles. The first kappa shape index (κ1) is 7.03. The summed E-state index contributed by atoms with van der Waals surface area (Å²) in [6.07, 6.45) is 1.66. The lowest BCUT2D eigenvalue weighted by Gasteiger charge is -2.15. The van der Waals surface area contributed by atoms with Gasteiger partial charge in [-0.05, 0) is 19.3 Å². The van der Waals surface area contributed by atoms with Gasteiger partial charge < -0.3 is 10.1 Å².